The topological polar surface area (TPSA) is 56.8 Å². The van der Waals surface area contributed by atoms with Crippen molar-refractivity contribution in [2.45, 2.75) is 19.8 Å². The fraction of sp³-hybridized carbons (Fsp3) is 0.438. The minimum atomic E-state index is -0.0997. The molecule has 2 rings (SSSR count). The third kappa shape index (κ3) is 4.15. The molecule has 0 aromatic heterocycles. The second kappa shape index (κ2) is 7.57. The van der Waals surface area contributed by atoms with Gasteiger partial charge in [-0.2, -0.15) is 0 Å². The maximum Gasteiger partial charge on any atom is 0.243 e. The Morgan fingerprint density at radius 2 is 2.19 bits per heavy atom. The summed E-state index contributed by atoms with van der Waals surface area (Å²) in [6.07, 6.45) is 5.29. The van der Waals surface area contributed by atoms with Gasteiger partial charge in [-0.05, 0) is 30.2 Å². The minimum Gasteiger partial charge on any atom is -0.493 e. The molecule has 0 radical (unpaired) electrons. The Balaban J connectivity index is 2.08. The molecule has 5 heteroatoms. The quantitative estimate of drug-likeness (QED) is 0.646. The number of amides is 1. The van der Waals surface area contributed by atoms with Crippen molar-refractivity contribution < 1.29 is 19.0 Å². The summed E-state index contributed by atoms with van der Waals surface area (Å²) >= 11 is 0. The van der Waals surface area contributed by atoms with Crippen molar-refractivity contribution >= 4 is 12.0 Å². The van der Waals surface area contributed by atoms with Gasteiger partial charge in [0.15, 0.2) is 11.5 Å². The Bertz CT molecular complexity index is 508. The Morgan fingerprint density at radius 1 is 1.38 bits per heavy atom. The molecule has 1 N–H and O–H groups in total. The van der Waals surface area contributed by atoms with Crippen LogP contribution in [-0.4, -0.2) is 32.8 Å². The summed E-state index contributed by atoms with van der Waals surface area (Å²) in [6, 6.07) is 3.66. The molecule has 0 saturated heterocycles. The van der Waals surface area contributed by atoms with Gasteiger partial charge in [0, 0.05) is 12.6 Å². The summed E-state index contributed by atoms with van der Waals surface area (Å²) in [5.74, 6) is 1.77. The molecule has 1 aliphatic rings. The molecular formula is C16H21NO4. The van der Waals surface area contributed by atoms with Crippen LogP contribution in [0, 0.1) is 0 Å². The van der Waals surface area contributed by atoms with Crippen molar-refractivity contribution in [3.8, 4) is 17.2 Å². The Hall–Kier alpha value is -2.17. The van der Waals surface area contributed by atoms with Crippen molar-refractivity contribution in [3.05, 3.63) is 23.8 Å². The third-order valence-electron chi connectivity index (χ3n) is 3.11. The standard InChI is InChI=1S/C16H21NO4/c1-3-4-7-17-15(18)6-5-12-10-13(19-2)16-14(11-12)20-8-9-21-16/h5-6,10-11H,3-4,7-9H2,1-2H3,(H,17,18)/b6-5-. The van der Waals surface area contributed by atoms with Crippen LogP contribution < -0.4 is 19.5 Å². The van der Waals surface area contributed by atoms with Crippen LogP contribution in [0.4, 0.5) is 0 Å². The number of rotatable bonds is 6. The van der Waals surface area contributed by atoms with Gasteiger partial charge in [-0.3, -0.25) is 4.79 Å². The van der Waals surface area contributed by atoms with E-state index in [0.717, 1.165) is 18.4 Å². The van der Waals surface area contributed by atoms with Gasteiger partial charge in [-0.25, -0.2) is 0 Å². The van der Waals surface area contributed by atoms with Crippen LogP contribution in [0.3, 0.4) is 0 Å². The zero-order chi connectivity index (χ0) is 15.1. The van der Waals surface area contributed by atoms with E-state index >= 15 is 0 Å². The molecule has 0 spiro atoms. The molecule has 1 aromatic carbocycles. The monoisotopic (exact) mass is 291 g/mol. The molecule has 1 amide bonds. The largest absolute Gasteiger partial charge is 0.493 e. The average molecular weight is 291 g/mol. The van der Waals surface area contributed by atoms with Crippen LogP contribution in [0.2, 0.25) is 0 Å². The first-order valence-corrected chi connectivity index (χ1v) is 7.18. The van der Waals surface area contributed by atoms with Crippen LogP contribution in [0.25, 0.3) is 6.08 Å². The summed E-state index contributed by atoms with van der Waals surface area (Å²) in [6.45, 7) is 3.81. The molecule has 1 aromatic rings. The van der Waals surface area contributed by atoms with E-state index in [2.05, 4.69) is 12.2 Å². The molecule has 1 aliphatic heterocycles. The number of hydrogen-bond donors (Lipinski definition) is 1. The number of unbranched alkanes of at least 4 members (excludes halogenated alkanes) is 1. The number of hydrogen-bond acceptors (Lipinski definition) is 4. The molecule has 0 aliphatic carbocycles. The van der Waals surface area contributed by atoms with Crippen molar-refractivity contribution in [2.75, 3.05) is 26.9 Å². The lowest BCUT2D eigenvalue weighted by Gasteiger charge is -2.20. The molecular weight excluding hydrogens is 270 g/mol. The van der Waals surface area contributed by atoms with Gasteiger partial charge in [0.2, 0.25) is 11.7 Å². The first-order valence-electron chi connectivity index (χ1n) is 7.18. The number of carbonyl (C=O) groups excluding carboxylic acids is 1. The van der Waals surface area contributed by atoms with Gasteiger partial charge in [-0.1, -0.05) is 13.3 Å². The number of nitrogens with one attached hydrogen (secondary N) is 1. The van der Waals surface area contributed by atoms with Gasteiger partial charge in [0.25, 0.3) is 0 Å². The van der Waals surface area contributed by atoms with Gasteiger partial charge >= 0.3 is 0 Å². The van der Waals surface area contributed by atoms with Crippen molar-refractivity contribution in [1.29, 1.82) is 0 Å². The van der Waals surface area contributed by atoms with Crippen molar-refractivity contribution in [2.24, 2.45) is 0 Å². The SMILES string of the molecule is CCCCNC(=O)/C=C\c1cc(OC)c2c(c1)OCCO2. The maximum atomic E-state index is 11.6. The second-order valence-electron chi connectivity index (χ2n) is 4.73. The lowest BCUT2D eigenvalue weighted by Crippen LogP contribution is -2.21. The Morgan fingerprint density at radius 3 is 2.95 bits per heavy atom. The van der Waals surface area contributed by atoms with Crippen LogP contribution in [-0.2, 0) is 4.79 Å². The summed E-state index contributed by atoms with van der Waals surface area (Å²) in [5, 5.41) is 2.83. The first-order chi connectivity index (χ1) is 10.2. The molecule has 5 nitrogen and oxygen atoms in total. The van der Waals surface area contributed by atoms with Crippen molar-refractivity contribution in [1.82, 2.24) is 5.32 Å². The minimum absolute atomic E-state index is 0.0997. The summed E-state index contributed by atoms with van der Waals surface area (Å²) in [7, 11) is 1.58. The highest BCUT2D eigenvalue weighted by Gasteiger charge is 2.17. The lowest BCUT2D eigenvalue weighted by atomic mass is 10.1. The number of fused-ring (bicyclic) bond motifs is 1. The zero-order valence-corrected chi connectivity index (χ0v) is 12.5. The molecule has 0 unspecified atom stereocenters. The van der Waals surface area contributed by atoms with Crippen LogP contribution in [0.1, 0.15) is 25.3 Å². The number of methoxy groups -OCH3 is 1. The molecule has 1 heterocycles. The highest BCUT2D eigenvalue weighted by atomic mass is 16.6. The van der Waals surface area contributed by atoms with Gasteiger partial charge in [0.1, 0.15) is 13.2 Å². The summed E-state index contributed by atoms with van der Waals surface area (Å²) in [4.78, 5) is 11.6. The van der Waals surface area contributed by atoms with Crippen LogP contribution in [0.5, 0.6) is 17.2 Å². The molecule has 21 heavy (non-hydrogen) atoms. The zero-order valence-electron chi connectivity index (χ0n) is 12.5. The number of benzene rings is 1. The Kier molecular flexibility index (Phi) is 5.49. The smallest absolute Gasteiger partial charge is 0.243 e. The number of ether oxygens (including phenoxy) is 3. The van der Waals surface area contributed by atoms with E-state index in [-0.39, 0.29) is 5.91 Å². The summed E-state index contributed by atoms with van der Waals surface area (Å²) in [5.41, 5.74) is 0.835. The van der Waals surface area contributed by atoms with E-state index in [1.165, 1.54) is 6.08 Å². The van der Waals surface area contributed by atoms with Crippen LogP contribution in [0.15, 0.2) is 18.2 Å². The third-order valence-corrected chi connectivity index (χ3v) is 3.11. The van der Waals surface area contributed by atoms with E-state index in [1.54, 1.807) is 13.2 Å². The average Bonchev–Trinajstić information content (AvgIpc) is 2.52. The van der Waals surface area contributed by atoms with Gasteiger partial charge < -0.3 is 19.5 Å². The summed E-state index contributed by atoms with van der Waals surface area (Å²) < 4.78 is 16.4. The predicted octanol–water partition coefficient (Wildman–Crippen LogP) is 2.40. The Labute approximate surface area is 124 Å². The maximum absolute atomic E-state index is 11.6. The molecule has 0 atom stereocenters. The van der Waals surface area contributed by atoms with E-state index < -0.39 is 0 Å². The highest BCUT2D eigenvalue weighted by molar-refractivity contribution is 5.91. The van der Waals surface area contributed by atoms with Gasteiger partial charge in [-0.15, -0.1) is 0 Å². The second-order valence-corrected chi connectivity index (χ2v) is 4.73. The predicted molar refractivity (Wildman–Crippen MR) is 80.9 cm³/mol. The van der Waals surface area contributed by atoms with E-state index in [4.69, 9.17) is 14.2 Å². The number of carbonyl (C=O) groups is 1. The van der Waals surface area contributed by atoms with Gasteiger partial charge in [0.05, 0.1) is 7.11 Å². The lowest BCUT2D eigenvalue weighted by molar-refractivity contribution is -0.116. The fourth-order valence-electron chi connectivity index (χ4n) is 2.01. The van der Waals surface area contributed by atoms with E-state index in [1.807, 2.05) is 12.1 Å². The van der Waals surface area contributed by atoms with Crippen LogP contribution >= 0.6 is 0 Å². The molecule has 0 bridgehead atoms. The van der Waals surface area contributed by atoms with E-state index in [9.17, 15) is 4.79 Å². The normalized spacial score (nSPS) is 13.2. The van der Waals surface area contributed by atoms with E-state index in [0.29, 0.717) is 37.0 Å². The first kappa shape index (κ1) is 15.2. The fourth-order valence-corrected chi connectivity index (χ4v) is 2.01. The molecule has 0 fully saturated rings. The van der Waals surface area contributed by atoms with Crippen molar-refractivity contribution in [3.63, 3.8) is 0 Å². The highest BCUT2D eigenvalue weighted by Crippen LogP contribution is 2.40. The molecule has 0 saturated carbocycles. The molecule has 114 valence electrons.